The van der Waals surface area contributed by atoms with E-state index in [2.05, 4.69) is 34.3 Å². The van der Waals surface area contributed by atoms with Crippen LogP contribution < -0.4 is 5.73 Å². The summed E-state index contributed by atoms with van der Waals surface area (Å²) in [7, 11) is -2.95. The maximum Gasteiger partial charge on any atom is 0.152 e. The number of nitrogens with zero attached hydrogens (tertiary/aromatic N) is 3. The molecule has 8 heteroatoms. The molecular formula is C19H29ClN4O2S. The SMILES string of the molecule is CC1(n2cc(CN(CCN)CCc3ccccc3)cn2)CCS(=O)(=O)C1.Cl. The number of hydrogen-bond donors (Lipinski definition) is 1. The summed E-state index contributed by atoms with van der Waals surface area (Å²) in [6.07, 6.45) is 5.44. The van der Waals surface area contributed by atoms with Crippen LogP contribution in [-0.2, 0) is 28.3 Å². The van der Waals surface area contributed by atoms with Crippen molar-refractivity contribution in [3.05, 3.63) is 53.9 Å². The molecule has 0 spiro atoms. The van der Waals surface area contributed by atoms with E-state index in [0.717, 1.165) is 31.6 Å². The van der Waals surface area contributed by atoms with Gasteiger partial charge in [-0.3, -0.25) is 9.58 Å². The molecule has 1 aliphatic heterocycles. The molecule has 0 bridgehead atoms. The van der Waals surface area contributed by atoms with Gasteiger partial charge in [0.05, 0.1) is 23.2 Å². The van der Waals surface area contributed by atoms with Crippen LogP contribution in [0.4, 0.5) is 0 Å². The number of aromatic nitrogens is 2. The first-order valence-corrected chi connectivity index (χ1v) is 10.9. The molecule has 150 valence electrons. The number of nitrogens with two attached hydrogens (primary N) is 1. The Labute approximate surface area is 168 Å². The molecule has 1 aromatic heterocycles. The lowest BCUT2D eigenvalue weighted by atomic mass is 10.0. The Kier molecular flexibility index (Phi) is 7.45. The second-order valence-electron chi connectivity index (χ2n) is 7.43. The Morgan fingerprint density at radius 1 is 1.22 bits per heavy atom. The van der Waals surface area contributed by atoms with Crippen molar-refractivity contribution < 1.29 is 8.42 Å². The zero-order chi connectivity index (χ0) is 18.6. The van der Waals surface area contributed by atoms with Gasteiger partial charge in [-0.1, -0.05) is 30.3 Å². The second kappa shape index (κ2) is 9.19. The van der Waals surface area contributed by atoms with Crippen molar-refractivity contribution in [3.63, 3.8) is 0 Å². The van der Waals surface area contributed by atoms with Crippen LogP contribution >= 0.6 is 12.4 Å². The third kappa shape index (κ3) is 5.78. The van der Waals surface area contributed by atoms with Gasteiger partial charge in [0.2, 0.25) is 0 Å². The van der Waals surface area contributed by atoms with Crippen LogP contribution in [-0.4, -0.2) is 54.2 Å². The average molecular weight is 413 g/mol. The van der Waals surface area contributed by atoms with Gasteiger partial charge in [-0.05, 0) is 25.3 Å². The van der Waals surface area contributed by atoms with Gasteiger partial charge in [0, 0.05) is 37.9 Å². The lowest BCUT2D eigenvalue weighted by Crippen LogP contribution is -2.32. The molecule has 1 fully saturated rings. The first-order chi connectivity index (χ1) is 12.4. The molecule has 1 aromatic carbocycles. The third-order valence-electron chi connectivity index (χ3n) is 5.08. The molecule has 0 saturated carbocycles. The molecule has 6 nitrogen and oxygen atoms in total. The number of halogens is 1. The Morgan fingerprint density at radius 3 is 2.59 bits per heavy atom. The van der Waals surface area contributed by atoms with Crippen molar-refractivity contribution in [1.82, 2.24) is 14.7 Å². The lowest BCUT2D eigenvalue weighted by molar-refractivity contribution is 0.275. The predicted octanol–water partition coefficient (Wildman–Crippen LogP) is 1.84. The first kappa shape index (κ1) is 21.9. The Hall–Kier alpha value is -1.41. The van der Waals surface area contributed by atoms with E-state index in [4.69, 9.17) is 5.73 Å². The Balaban J connectivity index is 0.00000261. The molecule has 1 saturated heterocycles. The smallest absolute Gasteiger partial charge is 0.152 e. The van der Waals surface area contributed by atoms with E-state index >= 15 is 0 Å². The third-order valence-corrected chi connectivity index (χ3v) is 6.97. The summed E-state index contributed by atoms with van der Waals surface area (Å²) in [5.74, 6) is 0.413. The van der Waals surface area contributed by atoms with Crippen molar-refractivity contribution in [1.29, 1.82) is 0 Å². The molecule has 2 N–H and O–H groups in total. The monoisotopic (exact) mass is 412 g/mol. The summed E-state index contributed by atoms with van der Waals surface area (Å²) in [5, 5.41) is 4.46. The summed E-state index contributed by atoms with van der Waals surface area (Å²) >= 11 is 0. The highest BCUT2D eigenvalue weighted by Crippen LogP contribution is 2.30. The van der Waals surface area contributed by atoms with Crippen molar-refractivity contribution >= 4 is 22.2 Å². The largest absolute Gasteiger partial charge is 0.329 e. The molecule has 0 amide bonds. The van der Waals surface area contributed by atoms with Crippen molar-refractivity contribution in [3.8, 4) is 0 Å². The zero-order valence-electron chi connectivity index (χ0n) is 15.8. The fourth-order valence-electron chi connectivity index (χ4n) is 3.55. The number of benzene rings is 1. The van der Waals surface area contributed by atoms with Crippen LogP contribution in [0.5, 0.6) is 0 Å². The summed E-state index contributed by atoms with van der Waals surface area (Å²) in [6, 6.07) is 10.4. The van der Waals surface area contributed by atoms with Crippen LogP contribution in [0, 0.1) is 0 Å². The van der Waals surface area contributed by atoms with E-state index in [1.54, 1.807) is 0 Å². The minimum atomic E-state index is -2.95. The van der Waals surface area contributed by atoms with E-state index < -0.39 is 15.4 Å². The average Bonchev–Trinajstić information content (AvgIpc) is 3.19. The van der Waals surface area contributed by atoms with Crippen LogP contribution in [0.1, 0.15) is 24.5 Å². The minimum absolute atomic E-state index is 0. The summed E-state index contributed by atoms with van der Waals surface area (Å²) in [6.45, 7) is 5.11. The van der Waals surface area contributed by atoms with Gasteiger partial charge in [-0.2, -0.15) is 5.10 Å². The summed E-state index contributed by atoms with van der Waals surface area (Å²) in [5.41, 5.74) is 7.76. The maximum absolute atomic E-state index is 11.8. The Morgan fingerprint density at radius 2 is 1.96 bits per heavy atom. The predicted molar refractivity (Wildman–Crippen MR) is 111 cm³/mol. The lowest BCUT2D eigenvalue weighted by Gasteiger charge is -2.23. The van der Waals surface area contributed by atoms with Crippen LogP contribution in [0.25, 0.3) is 0 Å². The minimum Gasteiger partial charge on any atom is -0.329 e. The standard InChI is InChI=1S/C19H28N4O2S.ClH/c1-19(8-12-26(24,25)16-19)23-15-18(13-21-23)14-22(11-9-20)10-7-17-5-3-2-4-6-17;/h2-6,13,15H,7-12,14,16,20H2,1H3;1H. The molecule has 1 aliphatic rings. The second-order valence-corrected chi connectivity index (χ2v) is 9.62. The normalized spacial score (nSPS) is 21.3. The number of sulfone groups is 1. The van der Waals surface area contributed by atoms with Crippen LogP contribution in [0.3, 0.4) is 0 Å². The number of rotatable bonds is 8. The van der Waals surface area contributed by atoms with Crippen molar-refractivity contribution in [2.45, 2.75) is 31.8 Å². The molecule has 27 heavy (non-hydrogen) atoms. The highest BCUT2D eigenvalue weighted by Gasteiger charge is 2.40. The van der Waals surface area contributed by atoms with Gasteiger partial charge in [0.1, 0.15) is 0 Å². The highest BCUT2D eigenvalue weighted by atomic mass is 35.5. The van der Waals surface area contributed by atoms with Gasteiger partial charge >= 0.3 is 0 Å². The molecule has 0 aliphatic carbocycles. The number of hydrogen-bond acceptors (Lipinski definition) is 5. The molecule has 1 unspecified atom stereocenters. The summed E-state index contributed by atoms with van der Waals surface area (Å²) in [4.78, 5) is 2.32. The van der Waals surface area contributed by atoms with E-state index in [-0.39, 0.29) is 23.9 Å². The highest BCUT2D eigenvalue weighted by molar-refractivity contribution is 7.91. The maximum atomic E-state index is 11.8. The van der Waals surface area contributed by atoms with Gasteiger partial charge in [-0.25, -0.2) is 8.42 Å². The zero-order valence-corrected chi connectivity index (χ0v) is 17.4. The van der Waals surface area contributed by atoms with Gasteiger partial charge < -0.3 is 5.73 Å². The molecule has 0 radical (unpaired) electrons. The fourth-order valence-corrected chi connectivity index (χ4v) is 5.67. The van der Waals surface area contributed by atoms with Crippen molar-refractivity contribution in [2.75, 3.05) is 31.1 Å². The quantitative estimate of drug-likeness (QED) is 0.715. The van der Waals surface area contributed by atoms with Crippen LogP contribution in [0.15, 0.2) is 42.7 Å². The van der Waals surface area contributed by atoms with Crippen LogP contribution in [0.2, 0.25) is 0 Å². The van der Waals surface area contributed by atoms with E-state index in [0.29, 0.717) is 13.0 Å². The van der Waals surface area contributed by atoms with E-state index in [1.165, 1.54) is 5.56 Å². The van der Waals surface area contributed by atoms with Gasteiger partial charge in [0.15, 0.2) is 9.84 Å². The molecular weight excluding hydrogens is 384 g/mol. The fraction of sp³-hybridized carbons (Fsp3) is 0.526. The van der Waals surface area contributed by atoms with E-state index in [1.807, 2.05) is 30.1 Å². The summed E-state index contributed by atoms with van der Waals surface area (Å²) < 4.78 is 25.5. The Bertz CT molecular complexity index is 825. The van der Waals surface area contributed by atoms with Gasteiger partial charge in [-0.15, -0.1) is 12.4 Å². The van der Waals surface area contributed by atoms with Gasteiger partial charge in [0.25, 0.3) is 0 Å². The van der Waals surface area contributed by atoms with E-state index in [9.17, 15) is 8.42 Å². The van der Waals surface area contributed by atoms with Crippen molar-refractivity contribution in [2.24, 2.45) is 5.73 Å². The first-order valence-electron chi connectivity index (χ1n) is 9.11. The molecule has 2 aromatic rings. The topological polar surface area (TPSA) is 81.2 Å². The molecule has 3 rings (SSSR count). The molecule has 2 heterocycles. The molecule has 1 atom stereocenters.